The molecule has 0 spiro atoms. The van der Waals surface area contributed by atoms with Crippen LogP contribution in [-0.2, 0) is 6.61 Å². The van der Waals surface area contributed by atoms with E-state index in [0.717, 1.165) is 5.75 Å². The quantitative estimate of drug-likeness (QED) is 0.824. The van der Waals surface area contributed by atoms with Gasteiger partial charge in [0, 0.05) is 5.56 Å². The van der Waals surface area contributed by atoms with Crippen molar-refractivity contribution in [2.75, 3.05) is 13.2 Å². The van der Waals surface area contributed by atoms with Gasteiger partial charge in [0.05, 0.1) is 11.6 Å². The first-order valence-corrected chi connectivity index (χ1v) is 6.38. The average Bonchev–Trinajstić information content (AvgIpc) is 2.46. The van der Waals surface area contributed by atoms with Crippen molar-refractivity contribution < 1.29 is 14.6 Å². The predicted octanol–water partition coefficient (Wildman–Crippen LogP) is 3.29. The second-order valence-electron chi connectivity index (χ2n) is 3.90. The number of hydrogen-bond donors (Lipinski definition) is 1. The van der Waals surface area contributed by atoms with Crippen molar-refractivity contribution in [3.63, 3.8) is 0 Å². The highest BCUT2D eigenvalue weighted by Gasteiger charge is 2.07. The summed E-state index contributed by atoms with van der Waals surface area (Å²) in [4.78, 5) is 0. The van der Waals surface area contributed by atoms with E-state index in [0.29, 0.717) is 29.5 Å². The molecule has 100 valence electrons. The largest absolute Gasteiger partial charge is 0.490 e. The lowest BCUT2D eigenvalue weighted by Gasteiger charge is -2.12. The maximum absolute atomic E-state index is 9.21. The zero-order valence-electron chi connectivity index (χ0n) is 10.4. The Morgan fingerprint density at radius 2 is 1.63 bits per heavy atom. The molecule has 0 aliphatic heterocycles. The summed E-state index contributed by atoms with van der Waals surface area (Å²) in [5.41, 5.74) is 0.673. The number of halogens is 1. The van der Waals surface area contributed by atoms with Gasteiger partial charge in [0.15, 0.2) is 0 Å². The highest BCUT2D eigenvalue weighted by molar-refractivity contribution is 6.32. The maximum Gasteiger partial charge on any atom is 0.143 e. The van der Waals surface area contributed by atoms with E-state index in [2.05, 4.69) is 0 Å². The van der Waals surface area contributed by atoms with E-state index in [-0.39, 0.29) is 6.61 Å². The minimum Gasteiger partial charge on any atom is -0.490 e. The van der Waals surface area contributed by atoms with Crippen molar-refractivity contribution in [1.82, 2.24) is 0 Å². The van der Waals surface area contributed by atoms with Gasteiger partial charge in [-0.05, 0) is 18.2 Å². The maximum atomic E-state index is 9.21. The summed E-state index contributed by atoms with van der Waals surface area (Å²) >= 11 is 6.03. The van der Waals surface area contributed by atoms with Crippen molar-refractivity contribution >= 4 is 11.6 Å². The Hall–Kier alpha value is -1.71. The van der Waals surface area contributed by atoms with Crippen molar-refractivity contribution in [3.8, 4) is 11.5 Å². The highest BCUT2D eigenvalue weighted by Crippen LogP contribution is 2.28. The smallest absolute Gasteiger partial charge is 0.143 e. The Morgan fingerprint density at radius 1 is 0.895 bits per heavy atom. The van der Waals surface area contributed by atoms with Crippen LogP contribution in [0.15, 0.2) is 48.5 Å². The van der Waals surface area contributed by atoms with E-state index in [4.69, 9.17) is 21.1 Å². The Morgan fingerprint density at radius 3 is 2.37 bits per heavy atom. The summed E-state index contributed by atoms with van der Waals surface area (Å²) in [6.45, 7) is 0.682. The Balaban J connectivity index is 1.86. The second-order valence-corrected chi connectivity index (χ2v) is 4.30. The summed E-state index contributed by atoms with van der Waals surface area (Å²) in [6, 6.07) is 14.8. The molecular formula is C15H15ClO3. The van der Waals surface area contributed by atoms with Gasteiger partial charge in [-0.3, -0.25) is 0 Å². The number of hydrogen-bond acceptors (Lipinski definition) is 3. The lowest BCUT2D eigenvalue weighted by Crippen LogP contribution is -2.10. The molecule has 0 atom stereocenters. The third-order valence-corrected chi connectivity index (χ3v) is 2.86. The van der Waals surface area contributed by atoms with Gasteiger partial charge in [0.1, 0.15) is 24.7 Å². The normalized spacial score (nSPS) is 10.2. The molecule has 3 nitrogen and oxygen atoms in total. The lowest BCUT2D eigenvalue weighted by atomic mass is 10.2. The third kappa shape index (κ3) is 3.88. The molecule has 0 unspecified atom stereocenters. The van der Waals surface area contributed by atoms with Gasteiger partial charge >= 0.3 is 0 Å². The first kappa shape index (κ1) is 13.7. The summed E-state index contributed by atoms with van der Waals surface area (Å²) < 4.78 is 11.1. The Bertz CT molecular complexity index is 514. The molecule has 0 saturated carbocycles. The first-order valence-electron chi connectivity index (χ1n) is 6.00. The van der Waals surface area contributed by atoms with Crippen LogP contribution in [0, 0.1) is 0 Å². The molecule has 0 radical (unpaired) electrons. The van der Waals surface area contributed by atoms with E-state index in [9.17, 15) is 5.11 Å². The van der Waals surface area contributed by atoms with E-state index in [1.165, 1.54) is 0 Å². The Kier molecular flexibility index (Phi) is 5.07. The van der Waals surface area contributed by atoms with E-state index >= 15 is 0 Å². The molecule has 1 N–H and O–H groups in total. The van der Waals surface area contributed by atoms with Gasteiger partial charge in [0.2, 0.25) is 0 Å². The van der Waals surface area contributed by atoms with Crippen molar-refractivity contribution in [2.45, 2.75) is 6.61 Å². The van der Waals surface area contributed by atoms with E-state index in [1.807, 2.05) is 30.3 Å². The summed E-state index contributed by atoms with van der Waals surface area (Å²) in [7, 11) is 0. The van der Waals surface area contributed by atoms with Gasteiger partial charge in [-0.25, -0.2) is 0 Å². The molecule has 0 aromatic heterocycles. The number of ether oxygens (including phenoxy) is 2. The zero-order valence-corrected chi connectivity index (χ0v) is 11.1. The fraction of sp³-hybridized carbons (Fsp3) is 0.200. The van der Waals surface area contributed by atoms with E-state index < -0.39 is 0 Å². The molecule has 0 fully saturated rings. The minimum absolute atomic E-state index is 0.102. The fourth-order valence-electron chi connectivity index (χ4n) is 1.66. The van der Waals surface area contributed by atoms with Crippen LogP contribution in [0.4, 0.5) is 0 Å². The molecule has 0 saturated heterocycles. The van der Waals surface area contributed by atoms with Crippen LogP contribution in [0.1, 0.15) is 5.56 Å². The van der Waals surface area contributed by atoms with Crippen LogP contribution < -0.4 is 9.47 Å². The molecule has 2 aromatic rings. The zero-order chi connectivity index (χ0) is 13.5. The second kappa shape index (κ2) is 7.02. The third-order valence-electron chi connectivity index (χ3n) is 2.56. The number of rotatable bonds is 6. The predicted molar refractivity (Wildman–Crippen MR) is 74.8 cm³/mol. The number of para-hydroxylation sites is 2. The standard InChI is InChI=1S/C15H15ClO3/c16-14-8-4-5-12(11-17)15(14)19-10-9-18-13-6-2-1-3-7-13/h1-8,17H,9-11H2. The van der Waals surface area contributed by atoms with E-state index in [1.54, 1.807) is 18.2 Å². The number of aliphatic hydroxyl groups is 1. The van der Waals surface area contributed by atoms with Crippen LogP contribution >= 0.6 is 11.6 Å². The average molecular weight is 279 g/mol. The molecular weight excluding hydrogens is 264 g/mol. The van der Waals surface area contributed by atoms with Crippen LogP contribution in [0.2, 0.25) is 5.02 Å². The molecule has 19 heavy (non-hydrogen) atoms. The lowest BCUT2D eigenvalue weighted by molar-refractivity contribution is 0.210. The molecule has 2 rings (SSSR count). The highest BCUT2D eigenvalue weighted by atomic mass is 35.5. The van der Waals surface area contributed by atoms with Gasteiger partial charge in [-0.1, -0.05) is 41.9 Å². The topological polar surface area (TPSA) is 38.7 Å². The van der Waals surface area contributed by atoms with Crippen LogP contribution in [0.5, 0.6) is 11.5 Å². The van der Waals surface area contributed by atoms with Crippen molar-refractivity contribution in [1.29, 1.82) is 0 Å². The van der Waals surface area contributed by atoms with Gasteiger partial charge in [-0.2, -0.15) is 0 Å². The molecule has 0 aliphatic rings. The SMILES string of the molecule is OCc1cccc(Cl)c1OCCOc1ccccc1. The monoisotopic (exact) mass is 278 g/mol. The van der Waals surface area contributed by atoms with Gasteiger partial charge in [-0.15, -0.1) is 0 Å². The molecule has 0 heterocycles. The van der Waals surface area contributed by atoms with Crippen molar-refractivity contribution in [3.05, 3.63) is 59.1 Å². The van der Waals surface area contributed by atoms with Gasteiger partial charge < -0.3 is 14.6 Å². The van der Waals surface area contributed by atoms with Crippen LogP contribution in [0.3, 0.4) is 0 Å². The molecule has 0 bridgehead atoms. The Labute approximate surface area is 117 Å². The minimum atomic E-state index is -0.102. The summed E-state index contributed by atoms with van der Waals surface area (Å²) in [5.74, 6) is 1.32. The van der Waals surface area contributed by atoms with Crippen LogP contribution in [0.25, 0.3) is 0 Å². The molecule has 4 heteroatoms. The summed E-state index contributed by atoms with van der Waals surface area (Å²) in [6.07, 6.45) is 0. The molecule has 0 amide bonds. The number of benzene rings is 2. The van der Waals surface area contributed by atoms with Crippen LogP contribution in [-0.4, -0.2) is 18.3 Å². The summed E-state index contributed by atoms with van der Waals surface area (Å²) in [5, 5.41) is 9.70. The molecule has 2 aromatic carbocycles. The number of aliphatic hydroxyl groups excluding tert-OH is 1. The molecule has 0 aliphatic carbocycles. The fourth-order valence-corrected chi connectivity index (χ4v) is 1.91. The van der Waals surface area contributed by atoms with Crippen molar-refractivity contribution in [2.24, 2.45) is 0 Å². The van der Waals surface area contributed by atoms with Gasteiger partial charge in [0.25, 0.3) is 0 Å². The first-order chi connectivity index (χ1) is 9.31.